The summed E-state index contributed by atoms with van der Waals surface area (Å²) in [6.07, 6.45) is 0.778. The lowest BCUT2D eigenvalue weighted by molar-refractivity contribution is -0.387. The van der Waals surface area contributed by atoms with Gasteiger partial charge in [-0.25, -0.2) is 22.5 Å². The molecule has 15 heteroatoms. The monoisotopic (exact) mass is 897 g/mol. The highest BCUT2D eigenvalue weighted by Crippen LogP contribution is 2.44. The zero-order valence-electron chi connectivity index (χ0n) is 37.4. The molecule has 1 saturated heterocycles. The molecule has 13 nitrogen and oxygen atoms in total. The Bertz CT molecular complexity index is 2490. The van der Waals surface area contributed by atoms with E-state index < -0.39 is 63.0 Å². The summed E-state index contributed by atoms with van der Waals surface area (Å²) in [5.74, 6) is -1.95. The fourth-order valence-electron chi connectivity index (χ4n) is 8.79. The zero-order chi connectivity index (χ0) is 45.8. The molecule has 6 rings (SSSR count). The van der Waals surface area contributed by atoms with Gasteiger partial charge < -0.3 is 18.6 Å². The number of esters is 1. The van der Waals surface area contributed by atoms with Crippen molar-refractivity contribution in [1.82, 2.24) is 9.29 Å². The van der Waals surface area contributed by atoms with Crippen molar-refractivity contribution in [1.29, 1.82) is 0 Å². The first-order valence-electron chi connectivity index (χ1n) is 21.3. The standard InChI is InChI=1S/C48H59N3O10SSi/c1-9-48(33-59-48)31-34(32-60-63(47(5,6)7,35-20-12-10-13-21-35)36-22-14-11-15-23-36)30-39(44(52)58-8)43-38(28-29-49-62(56,57)42-27-19-18-26-41(42)51(54)55)37-24-16-17-25-40(37)50(43)45(53)61-46(2,3)4/h10-27,34,39,49H,9,28-33H2,1-8H3/t34-,39?,48+/m1/s1. The van der Waals surface area contributed by atoms with Gasteiger partial charge in [-0.05, 0) is 85.5 Å². The maximum Gasteiger partial charge on any atom is 0.419 e. The van der Waals surface area contributed by atoms with E-state index in [1.807, 2.05) is 42.5 Å². The summed E-state index contributed by atoms with van der Waals surface area (Å²) >= 11 is 0. The van der Waals surface area contributed by atoms with E-state index in [0.29, 0.717) is 35.2 Å². The van der Waals surface area contributed by atoms with Gasteiger partial charge in [-0.1, -0.05) is 119 Å². The van der Waals surface area contributed by atoms with E-state index in [-0.39, 0.29) is 36.9 Å². The predicted octanol–water partition coefficient (Wildman–Crippen LogP) is 8.26. The maximum atomic E-state index is 14.5. The first-order chi connectivity index (χ1) is 29.8. The molecule has 0 saturated carbocycles. The number of nitrogens with zero attached hydrogens (tertiary/aromatic N) is 2. The lowest BCUT2D eigenvalue weighted by Crippen LogP contribution is -2.67. The van der Waals surface area contributed by atoms with Gasteiger partial charge in [0.2, 0.25) is 10.0 Å². The van der Waals surface area contributed by atoms with Crippen molar-refractivity contribution in [2.75, 3.05) is 26.9 Å². The molecule has 2 heterocycles. The number of carbonyl (C=O) groups excluding carboxylic acids is 2. The quantitative estimate of drug-likeness (QED) is 0.0297. The van der Waals surface area contributed by atoms with E-state index in [9.17, 15) is 28.1 Å². The number of carbonyl (C=O) groups is 2. The first-order valence-corrected chi connectivity index (χ1v) is 24.7. The summed E-state index contributed by atoms with van der Waals surface area (Å²) in [4.78, 5) is 39.5. The number of nitro groups is 1. The van der Waals surface area contributed by atoms with Crippen LogP contribution in [0.15, 0.2) is 114 Å². The van der Waals surface area contributed by atoms with Crippen molar-refractivity contribution >= 4 is 57.4 Å². The smallest absolute Gasteiger partial charge is 0.419 e. The Morgan fingerprint density at radius 1 is 0.905 bits per heavy atom. The lowest BCUT2D eigenvalue weighted by Gasteiger charge is -2.44. The van der Waals surface area contributed by atoms with Gasteiger partial charge in [0.15, 0.2) is 4.90 Å². The number of sulfonamides is 1. The van der Waals surface area contributed by atoms with Crippen LogP contribution in [0.1, 0.15) is 84.9 Å². The lowest BCUT2D eigenvalue weighted by atomic mass is 9.84. The summed E-state index contributed by atoms with van der Waals surface area (Å²) in [6.45, 7) is 14.6. The minimum atomic E-state index is -4.37. The summed E-state index contributed by atoms with van der Waals surface area (Å²) in [7, 11) is -6.12. The molecule has 0 bridgehead atoms. The molecule has 0 radical (unpaired) electrons. The summed E-state index contributed by atoms with van der Waals surface area (Å²) in [5, 5.41) is 14.3. The van der Waals surface area contributed by atoms with Crippen molar-refractivity contribution in [2.45, 2.75) is 101 Å². The van der Waals surface area contributed by atoms with Gasteiger partial charge in [-0.3, -0.25) is 14.9 Å². The van der Waals surface area contributed by atoms with E-state index in [4.69, 9.17) is 18.6 Å². The summed E-state index contributed by atoms with van der Waals surface area (Å²) in [6, 6.07) is 32.9. The number of ether oxygens (including phenoxy) is 3. The molecular formula is C48H59N3O10SSi. The van der Waals surface area contributed by atoms with Crippen LogP contribution in [-0.4, -0.2) is 76.4 Å². The second kappa shape index (κ2) is 18.9. The average Bonchev–Trinajstić information content (AvgIpc) is 3.95. The van der Waals surface area contributed by atoms with Crippen LogP contribution < -0.4 is 15.1 Å². The highest BCUT2D eigenvalue weighted by atomic mass is 32.2. The second-order valence-electron chi connectivity index (χ2n) is 18.3. The van der Waals surface area contributed by atoms with Crippen molar-refractivity contribution < 1.29 is 41.6 Å². The molecule has 1 aliphatic heterocycles. The Hall–Kier alpha value is -5.19. The number of rotatable bonds is 18. The van der Waals surface area contributed by atoms with Crippen LogP contribution >= 0.6 is 0 Å². The van der Waals surface area contributed by atoms with Gasteiger partial charge in [0.25, 0.3) is 14.0 Å². The molecule has 1 aromatic heterocycles. The molecule has 0 spiro atoms. The predicted molar refractivity (Wildman–Crippen MR) is 246 cm³/mol. The second-order valence-corrected chi connectivity index (χ2v) is 24.3. The fourth-order valence-corrected chi connectivity index (χ4v) is 14.6. The van der Waals surface area contributed by atoms with E-state index in [2.05, 4.69) is 56.7 Å². The van der Waals surface area contributed by atoms with Crippen molar-refractivity contribution in [3.8, 4) is 0 Å². The molecule has 3 atom stereocenters. The van der Waals surface area contributed by atoms with Gasteiger partial charge in [-0.2, -0.15) is 0 Å². The highest BCUT2D eigenvalue weighted by Gasteiger charge is 2.52. The number of methoxy groups -OCH3 is 1. The highest BCUT2D eigenvalue weighted by molar-refractivity contribution is 7.89. The number of para-hydroxylation sites is 2. The van der Waals surface area contributed by atoms with Crippen molar-refractivity contribution in [3.63, 3.8) is 0 Å². The van der Waals surface area contributed by atoms with Gasteiger partial charge in [0.05, 0.1) is 35.7 Å². The normalized spacial score (nSPS) is 16.6. The van der Waals surface area contributed by atoms with Gasteiger partial charge in [-0.15, -0.1) is 0 Å². The van der Waals surface area contributed by atoms with Crippen LogP contribution in [0.2, 0.25) is 5.04 Å². The summed E-state index contributed by atoms with van der Waals surface area (Å²) in [5.41, 5.74) is -0.601. The Morgan fingerprint density at radius 3 is 2.02 bits per heavy atom. The van der Waals surface area contributed by atoms with Crippen molar-refractivity contribution in [3.05, 3.63) is 131 Å². The third-order valence-corrected chi connectivity index (χ3v) is 18.3. The maximum absolute atomic E-state index is 14.5. The van der Waals surface area contributed by atoms with Crippen LogP contribution in [0.5, 0.6) is 0 Å². The van der Waals surface area contributed by atoms with Gasteiger partial charge in [0, 0.05) is 30.3 Å². The van der Waals surface area contributed by atoms with Crippen LogP contribution in [0, 0.1) is 16.0 Å². The number of nitrogens with one attached hydrogen (secondary N) is 1. The third-order valence-electron chi connectivity index (χ3n) is 11.8. The molecule has 0 amide bonds. The summed E-state index contributed by atoms with van der Waals surface area (Å²) < 4.78 is 56.3. The van der Waals surface area contributed by atoms with E-state index in [0.717, 1.165) is 22.9 Å². The topological polar surface area (TPSA) is 169 Å². The number of benzene rings is 4. The van der Waals surface area contributed by atoms with Crippen LogP contribution in [0.4, 0.5) is 10.5 Å². The number of fused-ring (bicyclic) bond motifs is 1. The molecule has 5 aromatic rings. The van der Waals surface area contributed by atoms with Gasteiger partial charge in [0.1, 0.15) is 5.60 Å². The molecular weight excluding hydrogens is 839 g/mol. The minimum absolute atomic E-state index is 0.00420. The Morgan fingerprint density at radius 2 is 1.48 bits per heavy atom. The molecule has 1 unspecified atom stereocenters. The Labute approximate surface area is 371 Å². The fraction of sp³-hybridized carbons (Fsp3) is 0.417. The molecule has 0 aliphatic carbocycles. The largest absolute Gasteiger partial charge is 0.469 e. The Balaban J connectivity index is 1.48. The molecule has 1 N–H and O–H groups in total. The zero-order valence-corrected chi connectivity index (χ0v) is 39.2. The molecule has 63 heavy (non-hydrogen) atoms. The third kappa shape index (κ3) is 10.3. The first kappa shape index (κ1) is 47.3. The van der Waals surface area contributed by atoms with E-state index in [1.54, 1.807) is 39.0 Å². The average molecular weight is 898 g/mol. The van der Waals surface area contributed by atoms with Gasteiger partial charge >= 0.3 is 12.1 Å². The van der Waals surface area contributed by atoms with E-state index in [1.165, 1.54) is 29.9 Å². The van der Waals surface area contributed by atoms with Crippen LogP contribution in [0.25, 0.3) is 10.9 Å². The number of aromatic nitrogens is 1. The number of hydrogen-bond donors (Lipinski definition) is 1. The number of epoxide rings is 1. The minimum Gasteiger partial charge on any atom is -0.469 e. The van der Waals surface area contributed by atoms with Crippen molar-refractivity contribution in [2.24, 2.45) is 5.92 Å². The molecule has 336 valence electrons. The Kier molecular flexibility index (Phi) is 14.2. The SMILES string of the molecule is CC[C@]1(C[C@H](CO[Si](c2ccccc2)(c2ccccc2)C(C)(C)C)CC(C(=O)OC)c2c(CCNS(=O)(=O)c3ccccc3[N+](=O)[O-])c3ccccc3n2C(=O)OC(C)(C)C)CO1. The molecule has 1 aliphatic rings. The number of hydrogen-bond acceptors (Lipinski definition) is 10. The van der Waals surface area contributed by atoms with Crippen LogP contribution in [0.3, 0.4) is 0 Å². The number of nitro benzene ring substituents is 1. The van der Waals surface area contributed by atoms with E-state index >= 15 is 0 Å². The molecule has 1 fully saturated rings. The molecule has 4 aromatic carbocycles. The van der Waals surface area contributed by atoms with Crippen LogP contribution in [-0.2, 0) is 39.9 Å².